The molecular weight excluding hydrogens is 300 g/mol. The molecule has 1 aromatic heterocycles. The number of benzene rings is 1. The van der Waals surface area contributed by atoms with Crippen LogP contribution in [-0.4, -0.2) is 28.9 Å². The molecule has 0 fully saturated rings. The van der Waals surface area contributed by atoms with E-state index in [2.05, 4.69) is 10.3 Å². The van der Waals surface area contributed by atoms with Crippen LogP contribution in [-0.2, 0) is 6.54 Å². The van der Waals surface area contributed by atoms with Crippen molar-refractivity contribution in [2.75, 3.05) is 12.9 Å². The Morgan fingerprint density at radius 3 is 2.91 bits per heavy atom. The first-order chi connectivity index (χ1) is 10.6. The number of nitrogens with zero attached hydrogens (tertiary/aromatic N) is 1. The van der Waals surface area contributed by atoms with Crippen LogP contribution in [0.15, 0.2) is 41.6 Å². The van der Waals surface area contributed by atoms with Gasteiger partial charge in [0.2, 0.25) is 0 Å². The average Bonchev–Trinajstić information content (AvgIpc) is 2.54. The number of methoxy groups -OCH3 is 1. The van der Waals surface area contributed by atoms with E-state index in [1.807, 2.05) is 6.92 Å². The molecule has 1 aromatic carbocycles. The number of ether oxygens (including phenoxy) is 1. The fourth-order valence-electron chi connectivity index (χ4n) is 1.89. The van der Waals surface area contributed by atoms with Crippen molar-refractivity contribution in [2.24, 2.45) is 0 Å². The van der Waals surface area contributed by atoms with Crippen LogP contribution >= 0.6 is 11.8 Å². The minimum atomic E-state index is -0.160. The number of thioether (sulfide) groups is 1. The molecule has 0 unspecified atom stereocenters. The van der Waals surface area contributed by atoms with Gasteiger partial charge in [-0.3, -0.25) is 4.79 Å². The molecule has 0 saturated heterocycles. The number of hydrogen-bond donors (Lipinski definition) is 2. The number of amides is 1. The van der Waals surface area contributed by atoms with Crippen molar-refractivity contribution in [1.29, 1.82) is 0 Å². The first-order valence-electron chi connectivity index (χ1n) is 6.87. The summed E-state index contributed by atoms with van der Waals surface area (Å²) in [5.41, 5.74) is 1.43. The van der Waals surface area contributed by atoms with Gasteiger partial charge in [-0.2, -0.15) is 0 Å². The molecule has 0 radical (unpaired) electrons. The van der Waals surface area contributed by atoms with Crippen LogP contribution < -0.4 is 10.1 Å². The summed E-state index contributed by atoms with van der Waals surface area (Å²) < 4.78 is 5.05. The zero-order valence-electron chi connectivity index (χ0n) is 12.5. The van der Waals surface area contributed by atoms with E-state index in [0.717, 1.165) is 16.3 Å². The molecule has 1 heterocycles. The lowest BCUT2D eigenvalue weighted by molar-refractivity contribution is 0.0950. The van der Waals surface area contributed by atoms with Crippen LogP contribution in [0.3, 0.4) is 0 Å². The van der Waals surface area contributed by atoms with Crippen LogP contribution in [0.25, 0.3) is 0 Å². The van der Waals surface area contributed by atoms with Crippen molar-refractivity contribution in [3.05, 3.63) is 47.7 Å². The Labute approximate surface area is 133 Å². The predicted molar refractivity (Wildman–Crippen MR) is 86.5 cm³/mol. The van der Waals surface area contributed by atoms with Crippen LogP contribution in [0.4, 0.5) is 0 Å². The first-order valence-corrected chi connectivity index (χ1v) is 7.85. The third-order valence-electron chi connectivity index (χ3n) is 2.99. The van der Waals surface area contributed by atoms with Gasteiger partial charge in [0.05, 0.1) is 12.1 Å². The monoisotopic (exact) mass is 318 g/mol. The Balaban J connectivity index is 2.02. The topological polar surface area (TPSA) is 71.5 Å². The number of carbonyl (C=O) groups is 1. The molecule has 22 heavy (non-hydrogen) atoms. The Morgan fingerprint density at radius 2 is 2.18 bits per heavy atom. The maximum absolute atomic E-state index is 12.2. The smallest absolute Gasteiger partial charge is 0.251 e. The highest BCUT2D eigenvalue weighted by Gasteiger charge is 2.08. The number of phenolic OH excluding ortho intramolecular Hbond substituents is 1. The van der Waals surface area contributed by atoms with Crippen LogP contribution in [0.2, 0.25) is 0 Å². The molecule has 0 aliphatic heterocycles. The molecule has 0 atom stereocenters. The van der Waals surface area contributed by atoms with E-state index in [1.54, 1.807) is 48.3 Å². The fraction of sp³-hybridized carbons (Fsp3) is 0.250. The molecule has 5 nitrogen and oxygen atoms in total. The minimum Gasteiger partial charge on any atom is -0.504 e. The molecule has 116 valence electrons. The van der Waals surface area contributed by atoms with E-state index >= 15 is 0 Å². The van der Waals surface area contributed by atoms with Crippen molar-refractivity contribution in [3.8, 4) is 11.5 Å². The molecule has 0 bridgehead atoms. The molecule has 1 amide bonds. The maximum Gasteiger partial charge on any atom is 0.251 e. The summed E-state index contributed by atoms with van der Waals surface area (Å²) in [6, 6.07) is 8.44. The number of aromatic nitrogens is 1. The molecule has 2 aromatic rings. The van der Waals surface area contributed by atoms with Crippen molar-refractivity contribution in [1.82, 2.24) is 10.3 Å². The molecule has 0 aliphatic carbocycles. The molecular formula is C16H18N2O3S. The summed E-state index contributed by atoms with van der Waals surface area (Å²) in [4.78, 5) is 16.4. The lowest BCUT2D eigenvalue weighted by Crippen LogP contribution is -2.22. The average molecular weight is 318 g/mol. The highest BCUT2D eigenvalue weighted by molar-refractivity contribution is 7.99. The second-order valence-corrected chi connectivity index (χ2v) is 5.79. The van der Waals surface area contributed by atoms with E-state index in [9.17, 15) is 9.90 Å². The van der Waals surface area contributed by atoms with Gasteiger partial charge in [-0.1, -0.05) is 13.0 Å². The zero-order valence-corrected chi connectivity index (χ0v) is 13.3. The Morgan fingerprint density at radius 1 is 1.36 bits per heavy atom. The van der Waals surface area contributed by atoms with Gasteiger partial charge in [-0.25, -0.2) is 4.98 Å². The molecule has 2 N–H and O–H groups in total. The lowest BCUT2D eigenvalue weighted by atomic mass is 10.2. The number of aromatic hydroxyl groups is 1. The minimum absolute atomic E-state index is 0.0768. The Kier molecular flexibility index (Phi) is 5.66. The molecule has 6 heteroatoms. The summed E-state index contributed by atoms with van der Waals surface area (Å²) in [6.07, 6.45) is 1.64. The molecule has 0 aliphatic rings. The molecule has 0 spiro atoms. The maximum atomic E-state index is 12.2. The Bertz CT molecular complexity index is 662. The number of pyridine rings is 1. The van der Waals surface area contributed by atoms with Crippen LogP contribution in [0.1, 0.15) is 22.8 Å². The van der Waals surface area contributed by atoms with Gasteiger partial charge < -0.3 is 15.2 Å². The Hall–Kier alpha value is -2.21. The summed E-state index contributed by atoms with van der Waals surface area (Å²) in [7, 11) is 1.49. The molecule has 2 rings (SSSR count). The van der Waals surface area contributed by atoms with Gasteiger partial charge >= 0.3 is 0 Å². The van der Waals surface area contributed by atoms with Gasteiger partial charge in [0, 0.05) is 18.3 Å². The number of carbonyl (C=O) groups excluding carboxylic acids is 1. The van der Waals surface area contributed by atoms with E-state index in [0.29, 0.717) is 17.9 Å². The number of rotatable bonds is 6. The van der Waals surface area contributed by atoms with Gasteiger partial charge in [-0.15, -0.1) is 11.8 Å². The van der Waals surface area contributed by atoms with Crippen molar-refractivity contribution < 1.29 is 14.6 Å². The zero-order chi connectivity index (χ0) is 15.9. The second-order valence-electron chi connectivity index (χ2n) is 4.50. The SMILES string of the molecule is CCSc1cc(C(=O)NCc2ccc(O)c(OC)c2)ccn1. The highest BCUT2D eigenvalue weighted by atomic mass is 32.2. The van der Waals surface area contributed by atoms with E-state index in [4.69, 9.17) is 4.74 Å². The highest BCUT2D eigenvalue weighted by Crippen LogP contribution is 2.26. The largest absolute Gasteiger partial charge is 0.504 e. The summed E-state index contributed by atoms with van der Waals surface area (Å²) in [6.45, 7) is 2.39. The predicted octanol–water partition coefficient (Wildman–Crippen LogP) is 2.84. The standard InChI is InChI=1S/C16H18N2O3S/c1-3-22-15-9-12(6-7-17-15)16(20)18-10-11-4-5-13(19)14(8-11)21-2/h4-9,19H,3,10H2,1-2H3,(H,18,20). The van der Waals surface area contributed by atoms with E-state index < -0.39 is 0 Å². The number of nitrogens with one attached hydrogen (secondary N) is 1. The van der Waals surface area contributed by atoms with Crippen molar-refractivity contribution >= 4 is 17.7 Å². The normalized spacial score (nSPS) is 10.3. The summed E-state index contributed by atoms with van der Waals surface area (Å²) in [5.74, 6) is 1.21. The van der Waals surface area contributed by atoms with Gasteiger partial charge in [0.15, 0.2) is 11.5 Å². The quantitative estimate of drug-likeness (QED) is 0.801. The van der Waals surface area contributed by atoms with Crippen LogP contribution in [0, 0.1) is 0 Å². The first kappa shape index (κ1) is 16.2. The van der Waals surface area contributed by atoms with Crippen molar-refractivity contribution in [3.63, 3.8) is 0 Å². The fourth-order valence-corrected chi connectivity index (χ4v) is 2.54. The summed E-state index contributed by atoms with van der Waals surface area (Å²) in [5, 5.41) is 13.2. The summed E-state index contributed by atoms with van der Waals surface area (Å²) >= 11 is 1.59. The van der Waals surface area contributed by atoms with Gasteiger partial charge in [-0.05, 0) is 35.6 Å². The van der Waals surface area contributed by atoms with Gasteiger partial charge in [0.25, 0.3) is 5.91 Å². The third kappa shape index (κ3) is 4.14. The lowest BCUT2D eigenvalue weighted by Gasteiger charge is -2.09. The van der Waals surface area contributed by atoms with E-state index in [1.165, 1.54) is 7.11 Å². The van der Waals surface area contributed by atoms with E-state index in [-0.39, 0.29) is 11.7 Å². The van der Waals surface area contributed by atoms with Crippen LogP contribution in [0.5, 0.6) is 11.5 Å². The van der Waals surface area contributed by atoms with Gasteiger partial charge in [0.1, 0.15) is 0 Å². The molecule has 0 saturated carbocycles. The van der Waals surface area contributed by atoms with Crippen molar-refractivity contribution in [2.45, 2.75) is 18.5 Å². The second kappa shape index (κ2) is 7.70. The third-order valence-corrected chi connectivity index (χ3v) is 3.79. The number of hydrogen-bond acceptors (Lipinski definition) is 5. The number of phenols is 1.